The van der Waals surface area contributed by atoms with E-state index in [4.69, 9.17) is 11.6 Å². The van der Waals surface area contributed by atoms with E-state index in [1.165, 1.54) is 0 Å². The predicted octanol–water partition coefficient (Wildman–Crippen LogP) is 5.30. The van der Waals surface area contributed by atoms with E-state index < -0.39 is 0 Å². The summed E-state index contributed by atoms with van der Waals surface area (Å²) in [6.07, 6.45) is 2.13. The minimum absolute atomic E-state index is 0.706. The summed E-state index contributed by atoms with van der Waals surface area (Å²) >= 11 is 9.55. The molecule has 0 saturated heterocycles. The molecular formula is C12H15BrClN. The van der Waals surface area contributed by atoms with E-state index in [2.05, 4.69) is 27.8 Å². The maximum Gasteiger partial charge on any atom is 0.0844 e. The van der Waals surface area contributed by atoms with Crippen LogP contribution in [-0.2, 0) is 0 Å². The molecule has 3 heteroatoms. The smallest absolute Gasteiger partial charge is 0.0844 e. The first kappa shape index (κ1) is 12.7. The van der Waals surface area contributed by atoms with Gasteiger partial charge in [-0.05, 0) is 38.0 Å². The summed E-state index contributed by atoms with van der Waals surface area (Å²) in [5, 5.41) is 0.706. The van der Waals surface area contributed by atoms with Crippen LogP contribution in [0.25, 0.3) is 0 Å². The van der Waals surface area contributed by atoms with Gasteiger partial charge in [-0.2, -0.15) is 0 Å². The molecule has 0 spiro atoms. The summed E-state index contributed by atoms with van der Waals surface area (Å²) in [4.78, 5) is 4.55. The Labute approximate surface area is 105 Å². The Morgan fingerprint density at radius 1 is 1.47 bits per heavy atom. The number of hydrogen-bond donors (Lipinski definition) is 0. The fraction of sp³-hybridized carbons (Fsp3) is 0.417. The van der Waals surface area contributed by atoms with Crippen molar-refractivity contribution in [1.29, 1.82) is 0 Å². The van der Waals surface area contributed by atoms with E-state index in [0.29, 0.717) is 5.02 Å². The topological polar surface area (TPSA) is 12.4 Å². The van der Waals surface area contributed by atoms with Crippen molar-refractivity contribution in [2.45, 2.75) is 33.6 Å². The lowest BCUT2D eigenvalue weighted by molar-refractivity contribution is 0.987. The van der Waals surface area contributed by atoms with Gasteiger partial charge < -0.3 is 0 Å². The van der Waals surface area contributed by atoms with Crippen molar-refractivity contribution >= 4 is 38.9 Å². The van der Waals surface area contributed by atoms with Crippen LogP contribution in [0.15, 0.2) is 21.6 Å². The number of benzene rings is 1. The van der Waals surface area contributed by atoms with Crippen LogP contribution >= 0.6 is 27.5 Å². The van der Waals surface area contributed by atoms with Crippen molar-refractivity contribution < 1.29 is 0 Å². The van der Waals surface area contributed by atoms with Gasteiger partial charge in [0.1, 0.15) is 0 Å². The third kappa shape index (κ3) is 3.62. The van der Waals surface area contributed by atoms with Gasteiger partial charge in [0, 0.05) is 10.2 Å². The van der Waals surface area contributed by atoms with Crippen molar-refractivity contribution in [2.75, 3.05) is 0 Å². The molecule has 1 aromatic rings. The third-order valence-corrected chi connectivity index (χ3v) is 2.88. The Bertz CT molecular complexity index is 362. The second kappa shape index (κ2) is 5.66. The highest BCUT2D eigenvalue weighted by Crippen LogP contribution is 2.32. The number of hydrogen-bond acceptors (Lipinski definition) is 1. The van der Waals surface area contributed by atoms with Crippen LogP contribution in [0.4, 0.5) is 5.69 Å². The Kier molecular flexibility index (Phi) is 4.81. The molecule has 0 amide bonds. The quantitative estimate of drug-likeness (QED) is 0.669. The predicted molar refractivity (Wildman–Crippen MR) is 71.6 cm³/mol. The van der Waals surface area contributed by atoms with Crippen molar-refractivity contribution in [3.63, 3.8) is 0 Å². The molecule has 1 nitrogen and oxygen atoms in total. The molecule has 1 rings (SSSR count). The van der Waals surface area contributed by atoms with Crippen molar-refractivity contribution in [3.05, 3.63) is 27.2 Å². The van der Waals surface area contributed by atoms with Gasteiger partial charge >= 0.3 is 0 Å². The second-order valence-corrected chi connectivity index (χ2v) is 4.97. The van der Waals surface area contributed by atoms with Gasteiger partial charge in [-0.3, -0.25) is 4.99 Å². The van der Waals surface area contributed by atoms with Gasteiger partial charge in [0.25, 0.3) is 0 Å². The van der Waals surface area contributed by atoms with E-state index in [-0.39, 0.29) is 0 Å². The van der Waals surface area contributed by atoms with E-state index in [1.807, 2.05) is 26.0 Å². The van der Waals surface area contributed by atoms with Gasteiger partial charge in [-0.15, -0.1) is 0 Å². The Hall–Kier alpha value is -0.340. The van der Waals surface area contributed by atoms with Crippen molar-refractivity contribution in [2.24, 2.45) is 4.99 Å². The van der Waals surface area contributed by atoms with Gasteiger partial charge in [0.2, 0.25) is 0 Å². The Morgan fingerprint density at radius 3 is 2.67 bits per heavy atom. The molecule has 0 bridgehead atoms. The summed E-state index contributed by atoms with van der Waals surface area (Å²) in [5.74, 6) is 0. The molecule has 0 radical (unpaired) electrons. The number of aryl methyl sites for hydroxylation is 1. The number of rotatable bonds is 3. The monoisotopic (exact) mass is 287 g/mol. The maximum absolute atomic E-state index is 6.14. The lowest BCUT2D eigenvalue weighted by Gasteiger charge is -2.06. The van der Waals surface area contributed by atoms with Gasteiger partial charge in [-0.1, -0.05) is 40.9 Å². The minimum atomic E-state index is 0.706. The lowest BCUT2D eigenvalue weighted by atomic mass is 10.2. The highest BCUT2D eigenvalue weighted by atomic mass is 79.9. The molecule has 0 heterocycles. The van der Waals surface area contributed by atoms with Crippen molar-refractivity contribution in [3.8, 4) is 0 Å². The molecule has 0 aliphatic heterocycles. The molecule has 0 N–H and O–H groups in total. The molecule has 0 aliphatic carbocycles. The fourth-order valence-electron chi connectivity index (χ4n) is 1.44. The van der Waals surface area contributed by atoms with Crippen LogP contribution in [0.3, 0.4) is 0 Å². The first-order chi connectivity index (χ1) is 7.04. The first-order valence-electron chi connectivity index (χ1n) is 5.04. The van der Waals surface area contributed by atoms with E-state index >= 15 is 0 Å². The normalized spacial score (nSPS) is 11.9. The number of halogens is 2. The first-order valence-corrected chi connectivity index (χ1v) is 6.21. The molecule has 0 fully saturated rings. The van der Waals surface area contributed by atoms with E-state index in [0.717, 1.165) is 34.3 Å². The highest BCUT2D eigenvalue weighted by molar-refractivity contribution is 9.10. The summed E-state index contributed by atoms with van der Waals surface area (Å²) in [7, 11) is 0. The van der Waals surface area contributed by atoms with Crippen LogP contribution in [0.2, 0.25) is 5.02 Å². The summed E-state index contributed by atoms with van der Waals surface area (Å²) in [6, 6.07) is 3.91. The summed E-state index contributed by atoms with van der Waals surface area (Å²) < 4.78 is 0.997. The van der Waals surface area contributed by atoms with E-state index in [9.17, 15) is 0 Å². The molecule has 82 valence electrons. The highest BCUT2D eigenvalue weighted by Gasteiger charge is 2.04. The zero-order chi connectivity index (χ0) is 11.4. The lowest BCUT2D eigenvalue weighted by Crippen LogP contribution is -1.90. The van der Waals surface area contributed by atoms with E-state index in [1.54, 1.807) is 0 Å². The number of nitrogens with zero attached hydrogens (tertiary/aromatic N) is 1. The molecule has 0 unspecified atom stereocenters. The van der Waals surface area contributed by atoms with Crippen LogP contribution in [0.1, 0.15) is 32.3 Å². The van der Waals surface area contributed by atoms with Crippen LogP contribution in [0, 0.1) is 6.92 Å². The number of aliphatic imine (C=N–C) groups is 1. The summed E-state index contributed by atoms with van der Waals surface area (Å²) in [5.41, 5.74) is 3.13. The molecular weight excluding hydrogens is 273 g/mol. The largest absolute Gasteiger partial charge is 0.256 e. The van der Waals surface area contributed by atoms with Gasteiger partial charge in [0.15, 0.2) is 0 Å². The third-order valence-electron chi connectivity index (χ3n) is 2.13. The molecule has 1 aromatic carbocycles. The SMILES string of the molecule is CCCC(C)=Nc1c(C)cc(Br)cc1Cl. The maximum atomic E-state index is 6.14. The molecule has 0 atom stereocenters. The van der Waals surface area contributed by atoms with Crippen LogP contribution < -0.4 is 0 Å². The molecule has 0 aliphatic rings. The average Bonchev–Trinajstić information content (AvgIpc) is 2.11. The average molecular weight is 289 g/mol. The summed E-state index contributed by atoms with van der Waals surface area (Å²) in [6.45, 7) is 6.21. The fourth-order valence-corrected chi connectivity index (χ4v) is 2.46. The zero-order valence-electron chi connectivity index (χ0n) is 9.27. The van der Waals surface area contributed by atoms with Crippen LogP contribution in [0.5, 0.6) is 0 Å². The van der Waals surface area contributed by atoms with Crippen LogP contribution in [-0.4, -0.2) is 5.71 Å². The standard InChI is InChI=1S/C12H15BrClN/c1-4-5-9(3)15-12-8(2)6-10(13)7-11(12)14/h6-7H,4-5H2,1-3H3. The minimum Gasteiger partial charge on any atom is -0.256 e. The van der Waals surface area contributed by atoms with Gasteiger partial charge in [-0.25, -0.2) is 0 Å². The Morgan fingerprint density at radius 2 is 2.13 bits per heavy atom. The molecule has 15 heavy (non-hydrogen) atoms. The molecule has 0 aromatic heterocycles. The molecule has 0 saturated carbocycles. The zero-order valence-corrected chi connectivity index (χ0v) is 11.6. The second-order valence-electron chi connectivity index (χ2n) is 3.65. The van der Waals surface area contributed by atoms with Crippen molar-refractivity contribution in [1.82, 2.24) is 0 Å². The Balaban J connectivity index is 3.09. The van der Waals surface area contributed by atoms with Gasteiger partial charge in [0.05, 0.1) is 10.7 Å².